The van der Waals surface area contributed by atoms with Crippen molar-refractivity contribution in [3.05, 3.63) is 35.4 Å². The molecule has 1 aromatic rings. The molecule has 1 nitrogen and oxygen atoms in total. The van der Waals surface area contributed by atoms with Crippen molar-refractivity contribution in [2.75, 3.05) is 13.2 Å². The van der Waals surface area contributed by atoms with Crippen molar-refractivity contribution in [1.82, 2.24) is 0 Å². The molecule has 0 saturated carbocycles. The van der Waals surface area contributed by atoms with E-state index in [0.717, 1.165) is 19.1 Å². The molecule has 0 unspecified atom stereocenters. The summed E-state index contributed by atoms with van der Waals surface area (Å²) in [6.07, 6.45) is 3.66. The first-order valence-corrected chi connectivity index (χ1v) is 6.73. The fraction of sp³-hybridized carbons (Fsp3) is 0.625. The van der Waals surface area contributed by atoms with Gasteiger partial charge in [-0.25, -0.2) is 0 Å². The lowest BCUT2D eigenvalue weighted by molar-refractivity contribution is 0.0665. The van der Waals surface area contributed by atoms with E-state index in [1.807, 2.05) is 0 Å². The molecule has 1 aromatic carbocycles. The average molecular weight is 232 g/mol. The molecule has 0 N–H and O–H groups in total. The molecule has 0 atom stereocenters. The van der Waals surface area contributed by atoms with Crippen molar-refractivity contribution in [3.63, 3.8) is 0 Å². The summed E-state index contributed by atoms with van der Waals surface area (Å²) in [6.45, 7) is 8.73. The minimum absolute atomic E-state index is 0.256. The molecule has 1 heterocycles. The number of hydrogen-bond donors (Lipinski definition) is 0. The Bertz CT molecular complexity index is 356. The van der Waals surface area contributed by atoms with E-state index in [2.05, 4.69) is 45.0 Å². The van der Waals surface area contributed by atoms with Crippen LogP contribution in [-0.2, 0) is 16.6 Å². The highest BCUT2D eigenvalue weighted by atomic mass is 16.5. The van der Waals surface area contributed by atoms with E-state index < -0.39 is 0 Å². The quantitative estimate of drug-likeness (QED) is 0.750. The second kappa shape index (κ2) is 5.22. The number of rotatable bonds is 2. The van der Waals surface area contributed by atoms with Gasteiger partial charge in [-0.2, -0.15) is 0 Å². The molecule has 0 amide bonds. The van der Waals surface area contributed by atoms with Gasteiger partial charge in [-0.15, -0.1) is 0 Å². The van der Waals surface area contributed by atoms with Crippen LogP contribution in [0.1, 0.15) is 44.7 Å². The lowest BCUT2D eigenvalue weighted by Gasteiger charge is -2.24. The van der Waals surface area contributed by atoms with Crippen molar-refractivity contribution < 1.29 is 4.74 Å². The van der Waals surface area contributed by atoms with E-state index in [4.69, 9.17) is 4.74 Å². The normalized spacial score (nSPS) is 18.3. The van der Waals surface area contributed by atoms with Crippen LogP contribution in [0, 0.1) is 5.92 Å². The van der Waals surface area contributed by atoms with Gasteiger partial charge in [0.15, 0.2) is 0 Å². The molecule has 1 saturated heterocycles. The minimum Gasteiger partial charge on any atom is -0.381 e. The molecule has 0 radical (unpaired) electrons. The Balaban J connectivity index is 2.05. The molecule has 2 rings (SSSR count). The molecule has 17 heavy (non-hydrogen) atoms. The van der Waals surface area contributed by atoms with Gasteiger partial charge in [0.2, 0.25) is 0 Å². The maximum Gasteiger partial charge on any atom is 0.0468 e. The van der Waals surface area contributed by atoms with Gasteiger partial charge in [0.1, 0.15) is 0 Å². The molecule has 1 heteroatoms. The van der Waals surface area contributed by atoms with Crippen LogP contribution in [0.4, 0.5) is 0 Å². The van der Waals surface area contributed by atoms with Crippen molar-refractivity contribution in [3.8, 4) is 0 Å². The van der Waals surface area contributed by atoms with Gasteiger partial charge in [-0.3, -0.25) is 0 Å². The fourth-order valence-electron chi connectivity index (χ4n) is 2.45. The highest BCUT2D eigenvalue weighted by molar-refractivity contribution is 5.28. The second-order valence-corrected chi connectivity index (χ2v) is 6.21. The molecule has 94 valence electrons. The Kier molecular flexibility index (Phi) is 3.88. The summed E-state index contributed by atoms with van der Waals surface area (Å²) in [6, 6.07) is 9.10. The predicted molar refractivity (Wildman–Crippen MR) is 72.4 cm³/mol. The zero-order valence-corrected chi connectivity index (χ0v) is 11.3. The van der Waals surface area contributed by atoms with Gasteiger partial charge >= 0.3 is 0 Å². The highest BCUT2D eigenvalue weighted by Crippen LogP contribution is 2.25. The molecule has 0 spiro atoms. The number of benzene rings is 1. The van der Waals surface area contributed by atoms with Gasteiger partial charge in [0.25, 0.3) is 0 Å². The van der Waals surface area contributed by atoms with Crippen LogP contribution in [0.25, 0.3) is 0 Å². The van der Waals surface area contributed by atoms with Crippen LogP contribution in [0.3, 0.4) is 0 Å². The molecular weight excluding hydrogens is 208 g/mol. The van der Waals surface area contributed by atoms with Crippen molar-refractivity contribution in [2.45, 2.75) is 45.4 Å². The van der Waals surface area contributed by atoms with Crippen LogP contribution >= 0.6 is 0 Å². The van der Waals surface area contributed by atoms with Crippen LogP contribution < -0.4 is 0 Å². The van der Waals surface area contributed by atoms with E-state index in [1.54, 1.807) is 0 Å². The average Bonchev–Trinajstić information content (AvgIpc) is 2.29. The third kappa shape index (κ3) is 3.57. The van der Waals surface area contributed by atoms with Gasteiger partial charge in [-0.05, 0) is 41.7 Å². The maximum absolute atomic E-state index is 5.42. The first-order chi connectivity index (χ1) is 8.05. The Hall–Kier alpha value is -0.820. The SMILES string of the molecule is CC(C)(C)c1cccc(CC2CCOCC2)c1. The van der Waals surface area contributed by atoms with Crippen molar-refractivity contribution >= 4 is 0 Å². The van der Waals surface area contributed by atoms with Gasteiger partial charge in [0, 0.05) is 13.2 Å². The monoisotopic (exact) mass is 232 g/mol. The van der Waals surface area contributed by atoms with Crippen LogP contribution in [0.5, 0.6) is 0 Å². The summed E-state index contributed by atoms with van der Waals surface area (Å²) < 4.78 is 5.42. The first kappa shape index (κ1) is 12.6. The van der Waals surface area contributed by atoms with Crippen molar-refractivity contribution in [2.24, 2.45) is 5.92 Å². The Morgan fingerprint density at radius 3 is 2.53 bits per heavy atom. The van der Waals surface area contributed by atoms with Gasteiger partial charge in [-0.1, -0.05) is 45.0 Å². The lowest BCUT2D eigenvalue weighted by Crippen LogP contribution is -2.18. The maximum atomic E-state index is 5.42. The lowest BCUT2D eigenvalue weighted by atomic mass is 9.84. The first-order valence-electron chi connectivity index (χ1n) is 6.73. The minimum atomic E-state index is 0.256. The molecule has 0 aliphatic carbocycles. The zero-order chi connectivity index (χ0) is 12.3. The van der Waals surface area contributed by atoms with E-state index in [0.29, 0.717) is 0 Å². The fourth-order valence-corrected chi connectivity index (χ4v) is 2.45. The summed E-state index contributed by atoms with van der Waals surface area (Å²) in [7, 11) is 0. The summed E-state index contributed by atoms with van der Waals surface area (Å²) in [5.41, 5.74) is 3.19. The van der Waals surface area contributed by atoms with E-state index in [1.165, 1.54) is 30.4 Å². The second-order valence-electron chi connectivity index (χ2n) is 6.21. The highest BCUT2D eigenvalue weighted by Gasteiger charge is 2.17. The zero-order valence-electron chi connectivity index (χ0n) is 11.3. The Morgan fingerprint density at radius 1 is 1.18 bits per heavy atom. The smallest absolute Gasteiger partial charge is 0.0468 e. The van der Waals surface area contributed by atoms with E-state index in [-0.39, 0.29) is 5.41 Å². The standard InChI is InChI=1S/C16H24O/c1-16(2,3)15-6-4-5-14(12-15)11-13-7-9-17-10-8-13/h4-6,12-13H,7-11H2,1-3H3. The molecule has 0 bridgehead atoms. The van der Waals surface area contributed by atoms with Crippen LogP contribution in [0.15, 0.2) is 24.3 Å². The van der Waals surface area contributed by atoms with Crippen LogP contribution in [0.2, 0.25) is 0 Å². The van der Waals surface area contributed by atoms with E-state index >= 15 is 0 Å². The summed E-state index contributed by atoms with van der Waals surface area (Å²) in [5, 5.41) is 0. The van der Waals surface area contributed by atoms with E-state index in [9.17, 15) is 0 Å². The van der Waals surface area contributed by atoms with Crippen molar-refractivity contribution in [1.29, 1.82) is 0 Å². The van der Waals surface area contributed by atoms with Gasteiger partial charge in [0.05, 0.1) is 0 Å². The Labute approximate surface area is 105 Å². The summed E-state index contributed by atoms with van der Waals surface area (Å²) in [5.74, 6) is 0.818. The number of hydrogen-bond acceptors (Lipinski definition) is 1. The molecule has 1 aliphatic rings. The summed E-state index contributed by atoms with van der Waals surface area (Å²) in [4.78, 5) is 0. The molecule has 0 aromatic heterocycles. The third-order valence-corrected chi connectivity index (χ3v) is 3.66. The Morgan fingerprint density at radius 2 is 1.88 bits per heavy atom. The third-order valence-electron chi connectivity index (χ3n) is 3.66. The largest absolute Gasteiger partial charge is 0.381 e. The van der Waals surface area contributed by atoms with Gasteiger partial charge < -0.3 is 4.74 Å². The molecule has 1 aliphatic heterocycles. The molecular formula is C16H24O. The predicted octanol–water partition coefficient (Wildman–Crippen LogP) is 3.95. The number of ether oxygens (including phenoxy) is 1. The topological polar surface area (TPSA) is 9.23 Å². The summed E-state index contributed by atoms with van der Waals surface area (Å²) >= 11 is 0. The van der Waals surface area contributed by atoms with Crippen LogP contribution in [-0.4, -0.2) is 13.2 Å². The molecule has 1 fully saturated rings.